The molecule has 3 N–H and O–H groups in total. The number of fused-ring (bicyclic) bond motifs is 1. The number of carbonyl (C=O) groups is 3. The second-order valence-electron chi connectivity index (χ2n) is 10.6. The van der Waals surface area contributed by atoms with Crippen LogP contribution in [0, 0.1) is 17.6 Å². The summed E-state index contributed by atoms with van der Waals surface area (Å²) in [5.41, 5.74) is 0.932. The number of urea groups is 1. The Morgan fingerprint density at radius 2 is 1.80 bits per heavy atom. The number of aromatic amines is 1. The summed E-state index contributed by atoms with van der Waals surface area (Å²) >= 11 is 0. The van der Waals surface area contributed by atoms with E-state index >= 15 is 4.39 Å². The van der Waals surface area contributed by atoms with E-state index in [-0.39, 0.29) is 29.7 Å². The van der Waals surface area contributed by atoms with Gasteiger partial charge in [0.2, 0.25) is 11.8 Å². The molecule has 4 heterocycles. The number of anilines is 4. The standard InChI is InChI=1S/C32H27F2N7O4/c1-18(2)40-17-24(31(43)41(32(40)44)22-7-4-20(33)5-8-22)30(42)37-21-6-9-26(25(34)15-21)45-23-12-14-35-28(16-23)38-27-10-3-19-11-13-36-29(19)39-27/h3-16,18,24H,17H2,1-2H3,(H,37,42)(H2,35,36,38,39). The summed E-state index contributed by atoms with van der Waals surface area (Å²) in [6.07, 6.45) is 3.29. The highest BCUT2D eigenvalue weighted by molar-refractivity contribution is 6.23. The van der Waals surface area contributed by atoms with Crippen LogP contribution in [0.5, 0.6) is 11.5 Å². The van der Waals surface area contributed by atoms with Crippen molar-refractivity contribution < 1.29 is 27.9 Å². The summed E-state index contributed by atoms with van der Waals surface area (Å²) in [7, 11) is 0. The Morgan fingerprint density at radius 1 is 1.00 bits per heavy atom. The highest BCUT2D eigenvalue weighted by Crippen LogP contribution is 2.30. The summed E-state index contributed by atoms with van der Waals surface area (Å²) in [4.78, 5) is 53.7. The van der Waals surface area contributed by atoms with E-state index in [1.54, 1.807) is 38.2 Å². The number of amides is 4. The number of nitrogens with zero attached hydrogens (tertiary/aromatic N) is 4. The van der Waals surface area contributed by atoms with Crippen LogP contribution in [0.3, 0.4) is 0 Å². The summed E-state index contributed by atoms with van der Waals surface area (Å²) in [6.45, 7) is 3.33. The second-order valence-corrected chi connectivity index (χ2v) is 10.6. The number of halogens is 2. The van der Waals surface area contributed by atoms with E-state index in [9.17, 15) is 18.8 Å². The SMILES string of the molecule is CC(C)N1CC(C(=O)Nc2ccc(Oc3ccnc(Nc4ccc5cc[nH]c5n4)c3)c(F)c2)C(=O)N(c2ccc(F)cc2)C1=O. The quantitative estimate of drug-likeness (QED) is 0.178. The van der Waals surface area contributed by atoms with Crippen LogP contribution in [0.25, 0.3) is 11.0 Å². The van der Waals surface area contributed by atoms with Crippen LogP contribution in [-0.4, -0.2) is 50.3 Å². The molecule has 1 fully saturated rings. The van der Waals surface area contributed by atoms with Gasteiger partial charge in [0.1, 0.15) is 34.8 Å². The number of nitrogens with one attached hydrogen (secondary N) is 3. The maximum atomic E-state index is 15.1. The number of carbonyl (C=O) groups excluding carboxylic acids is 3. The zero-order valence-corrected chi connectivity index (χ0v) is 24.1. The smallest absolute Gasteiger partial charge is 0.331 e. The summed E-state index contributed by atoms with van der Waals surface area (Å²) in [5.74, 6) is -2.91. The van der Waals surface area contributed by atoms with Crippen LogP contribution < -0.4 is 20.3 Å². The molecule has 13 heteroatoms. The molecule has 6 rings (SSSR count). The summed E-state index contributed by atoms with van der Waals surface area (Å²) in [5, 5.41) is 6.62. The van der Waals surface area contributed by atoms with Crippen molar-refractivity contribution in [3.05, 3.63) is 96.8 Å². The molecule has 228 valence electrons. The van der Waals surface area contributed by atoms with E-state index < -0.39 is 35.4 Å². The molecule has 4 amide bonds. The van der Waals surface area contributed by atoms with E-state index in [1.165, 1.54) is 35.4 Å². The van der Waals surface area contributed by atoms with E-state index in [2.05, 4.69) is 25.6 Å². The van der Waals surface area contributed by atoms with Crippen LogP contribution in [-0.2, 0) is 9.59 Å². The van der Waals surface area contributed by atoms with Gasteiger partial charge in [-0.1, -0.05) is 0 Å². The van der Waals surface area contributed by atoms with Gasteiger partial charge in [-0.05, 0) is 74.5 Å². The molecule has 2 aromatic carbocycles. The lowest BCUT2D eigenvalue weighted by molar-refractivity contribution is -0.132. The van der Waals surface area contributed by atoms with Crippen molar-refractivity contribution in [1.82, 2.24) is 19.9 Å². The maximum Gasteiger partial charge on any atom is 0.331 e. The lowest BCUT2D eigenvalue weighted by atomic mass is 10.0. The molecule has 5 aromatic rings. The fourth-order valence-electron chi connectivity index (χ4n) is 4.88. The number of pyridine rings is 2. The third-order valence-corrected chi connectivity index (χ3v) is 7.18. The second kappa shape index (κ2) is 12.0. The highest BCUT2D eigenvalue weighted by Gasteiger charge is 2.44. The first-order valence-corrected chi connectivity index (χ1v) is 14.0. The van der Waals surface area contributed by atoms with E-state index in [0.29, 0.717) is 23.0 Å². The van der Waals surface area contributed by atoms with Gasteiger partial charge in [0.05, 0.1) is 5.69 Å². The van der Waals surface area contributed by atoms with Crippen molar-refractivity contribution in [1.29, 1.82) is 0 Å². The average molecular weight is 612 g/mol. The minimum absolute atomic E-state index is 0.0850. The first-order chi connectivity index (χ1) is 21.7. The number of imide groups is 1. The summed E-state index contributed by atoms with van der Waals surface area (Å²) in [6, 6.07) is 16.5. The fraction of sp³-hybridized carbons (Fsp3) is 0.156. The Hall–Kier alpha value is -5.85. The van der Waals surface area contributed by atoms with Crippen molar-refractivity contribution in [2.45, 2.75) is 19.9 Å². The van der Waals surface area contributed by atoms with Crippen LogP contribution in [0.1, 0.15) is 13.8 Å². The number of ether oxygens (including phenoxy) is 1. The number of hydrogen-bond donors (Lipinski definition) is 3. The number of hydrogen-bond acceptors (Lipinski definition) is 7. The molecule has 0 aliphatic carbocycles. The van der Waals surface area contributed by atoms with Crippen LogP contribution in [0.15, 0.2) is 85.2 Å². The Bertz CT molecular complexity index is 1910. The molecule has 0 radical (unpaired) electrons. The normalized spacial score (nSPS) is 15.1. The number of benzene rings is 2. The van der Waals surface area contributed by atoms with E-state index in [4.69, 9.17) is 4.74 Å². The van der Waals surface area contributed by atoms with Gasteiger partial charge in [0.25, 0.3) is 0 Å². The third kappa shape index (κ3) is 6.13. The number of H-pyrrole nitrogens is 1. The predicted octanol–water partition coefficient (Wildman–Crippen LogP) is 6.20. The number of rotatable bonds is 8. The Morgan fingerprint density at radius 3 is 2.56 bits per heavy atom. The van der Waals surface area contributed by atoms with Gasteiger partial charge in [0, 0.05) is 48.2 Å². The molecule has 1 unspecified atom stereocenters. The Balaban J connectivity index is 1.15. The summed E-state index contributed by atoms with van der Waals surface area (Å²) < 4.78 is 34.4. The predicted molar refractivity (Wildman–Crippen MR) is 163 cm³/mol. The lowest BCUT2D eigenvalue weighted by Gasteiger charge is -2.39. The van der Waals surface area contributed by atoms with Crippen molar-refractivity contribution >= 4 is 51.9 Å². The molecule has 11 nitrogen and oxygen atoms in total. The van der Waals surface area contributed by atoms with Crippen molar-refractivity contribution in [3.8, 4) is 11.5 Å². The molecule has 3 aromatic heterocycles. The van der Waals surface area contributed by atoms with Crippen LogP contribution >= 0.6 is 0 Å². The first kappa shape index (κ1) is 29.2. The Labute approximate surface area is 255 Å². The topological polar surface area (TPSA) is 133 Å². The minimum atomic E-state index is -1.29. The van der Waals surface area contributed by atoms with Gasteiger partial charge in [-0.2, -0.15) is 0 Å². The lowest BCUT2D eigenvalue weighted by Crippen LogP contribution is -2.61. The zero-order valence-electron chi connectivity index (χ0n) is 24.1. The Kier molecular flexibility index (Phi) is 7.82. The minimum Gasteiger partial charge on any atom is -0.454 e. The highest BCUT2D eigenvalue weighted by atomic mass is 19.1. The van der Waals surface area contributed by atoms with E-state index in [1.807, 2.05) is 12.1 Å². The van der Waals surface area contributed by atoms with Crippen molar-refractivity contribution in [3.63, 3.8) is 0 Å². The maximum absolute atomic E-state index is 15.1. The average Bonchev–Trinajstić information content (AvgIpc) is 3.48. The molecule has 0 saturated carbocycles. The molecule has 0 bridgehead atoms. The molecule has 1 saturated heterocycles. The monoisotopic (exact) mass is 611 g/mol. The molecular formula is C32H27F2N7O4. The molecule has 1 atom stereocenters. The largest absolute Gasteiger partial charge is 0.454 e. The van der Waals surface area contributed by atoms with Gasteiger partial charge < -0.3 is 25.3 Å². The zero-order chi connectivity index (χ0) is 31.7. The van der Waals surface area contributed by atoms with Gasteiger partial charge in [-0.15, -0.1) is 0 Å². The van der Waals surface area contributed by atoms with Gasteiger partial charge in [0.15, 0.2) is 11.6 Å². The molecule has 1 aliphatic heterocycles. The number of aromatic nitrogens is 3. The van der Waals surface area contributed by atoms with Gasteiger partial charge in [-0.25, -0.2) is 28.4 Å². The van der Waals surface area contributed by atoms with Gasteiger partial charge >= 0.3 is 6.03 Å². The molecule has 45 heavy (non-hydrogen) atoms. The van der Waals surface area contributed by atoms with Crippen LogP contribution in [0.2, 0.25) is 0 Å². The molecule has 0 spiro atoms. The molecular weight excluding hydrogens is 584 g/mol. The fourth-order valence-corrected chi connectivity index (χ4v) is 4.88. The van der Waals surface area contributed by atoms with Crippen LogP contribution in [0.4, 0.5) is 36.6 Å². The van der Waals surface area contributed by atoms with Gasteiger partial charge in [-0.3, -0.25) is 9.59 Å². The van der Waals surface area contributed by atoms with Crippen molar-refractivity contribution in [2.75, 3.05) is 22.1 Å². The van der Waals surface area contributed by atoms with E-state index in [0.717, 1.165) is 28.5 Å². The van der Waals surface area contributed by atoms with Crippen molar-refractivity contribution in [2.24, 2.45) is 5.92 Å². The first-order valence-electron chi connectivity index (χ1n) is 14.0. The molecule has 1 aliphatic rings. The third-order valence-electron chi connectivity index (χ3n) is 7.18.